The summed E-state index contributed by atoms with van der Waals surface area (Å²) in [6.07, 6.45) is 3.43. The zero-order chi connectivity index (χ0) is 12.9. The highest BCUT2D eigenvalue weighted by molar-refractivity contribution is 9.10. The first-order valence-corrected chi connectivity index (χ1v) is 7.41. The van der Waals surface area contributed by atoms with Gasteiger partial charge >= 0.3 is 0 Å². The van der Waals surface area contributed by atoms with Gasteiger partial charge in [-0.3, -0.25) is 9.20 Å². The number of hydrogen-bond acceptors (Lipinski definition) is 5. The fraction of sp³-hybridized carbons (Fsp3) is 0.364. The van der Waals surface area contributed by atoms with Gasteiger partial charge in [-0.05, 0) is 29.1 Å². The van der Waals surface area contributed by atoms with E-state index in [-0.39, 0.29) is 11.7 Å². The number of nitrogens with zero attached hydrogens (tertiary/aromatic N) is 3. The third kappa shape index (κ3) is 1.69. The smallest absolute Gasteiger partial charge is 0.263 e. The van der Waals surface area contributed by atoms with Gasteiger partial charge in [0.25, 0.3) is 5.56 Å². The van der Waals surface area contributed by atoms with Crippen LogP contribution in [0.2, 0.25) is 0 Å². The largest absolute Gasteiger partial charge is 0.367 e. The van der Waals surface area contributed by atoms with Crippen molar-refractivity contribution in [1.82, 2.24) is 14.4 Å². The van der Waals surface area contributed by atoms with Crippen LogP contribution >= 0.6 is 27.7 Å². The number of fused-ring (bicyclic) bond motifs is 2. The van der Waals surface area contributed by atoms with E-state index in [9.17, 15) is 4.79 Å². The molecule has 2 aromatic heterocycles. The first-order valence-electron chi connectivity index (χ1n) is 5.39. The number of aromatic nitrogens is 3. The second-order valence-electron chi connectivity index (χ2n) is 4.00. The maximum atomic E-state index is 12.4. The lowest BCUT2D eigenvalue weighted by Gasteiger charge is -2.08. The van der Waals surface area contributed by atoms with Crippen LogP contribution in [0, 0.1) is 0 Å². The molecule has 7 heteroatoms. The van der Waals surface area contributed by atoms with E-state index < -0.39 is 0 Å². The van der Waals surface area contributed by atoms with Crippen LogP contribution in [-0.4, -0.2) is 20.6 Å². The Morgan fingerprint density at radius 1 is 1.56 bits per heavy atom. The van der Waals surface area contributed by atoms with Crippen LogP contribution in [0.1, 0.15) is 24.3 Å². The molecule has 1 unspecified atom stereocenters. The lowest BCUT2D eigenvalue weighted by molar-refractivity contribution is 0.0777. The van der Waals surface area contributed by atoms with Crippen molar-refractivity contribution >= 4 is 33.3 Å². The second kappa shape index (κ2) is 4.32. The quantitative estimate of drug-likeness (QED) is 0.751. The molecule has 94 valence electrons. The highest BCUT2D eigenvalue weighted by Gasteiger charge is 2.26. The lowest BCUT2D eigenvalue weighted by atomic mass is 10.2. The molecule has 0 spiro atoms. The summed E-state index contributed by atoms with van der Waals surface area (Å²) in [7, 11) is 0. The van der Waals surface area contributed by atoms with E-state index in [4.69, 9.17) is 4.74 Å². The Morgan fingerprint density at radius 3 is 3.06 bits per heavy atom. The minimum absolute atomic E-state index is 0.0715. The summed E-state index contributed by atoms with van der Waals surface area (Å²) in [4.78, 5) is 21.2. The highest BCUT2D eigenvalue weighted by atomic mass is 79.9. The van der Waals surface area contributed by atoms with Crippen molar-refractivity contribution in [3.63, 3.8) is 0 Å². The van der Waals surface area contributed by atoms with Crippen LogP contribution in [0.15, 0.2) is 20.6 Å². The number of thioether (sulfide) groups is 1. The molecular formula is C11H10BrN3O2S. The summed E-state index contributed by atoms with van der Waals surface area (Å²) in [6.45, 7) is 2.24. The molecule has 0 saturated heterocycles. The van der Waals surface area contributed by atoms with Gasteiger partial charge in [-0.25, -0.2) is 9.97 Å². The Hall–Kier alpha value is -0.920. The predicted octanol–water partition coefficient (Wildman–Crippen LogP) is 2.17. The summed E-state index contributed by atoms with van der Waals surface area (Å²) in [5, 5.41) is 0.725. The molecule has 0 amide bonds. The van der Waals surface area contributed by atoms with E-state index in [0.717, 1.165) is 10.7 Å². The van der Waals surface area contributed by atoms with E-state index in [1.165, 1.54) is 16.2 Å². The Morgan fingerprint density at radius 2 is 2.33 bits per heavy atom. The fourth-order valence-corrected chi connectivity index (χ4v) is 3.05. The van der Waals surface area contributed by atoms with Crippen LogP contribution in [0.25, 0.3) is 5.65 Å². The molecule has 0 aliphatic carbocycles. The minimum Gasteiger partial charge on any atom is -0.367 e. The van der Waals surface area contributed by atoms with Crippen LogP contribution in [0.5, 0.6) is 0 Å². The number of hydrogen-bond donors (Lipinski definition) is 0. The zero-order valence-electron chi connectivity index (χ0n) is 9.81. The second-order valence-corrected chi connectivity index (χ2v) is 5.61. The van der Waals surface area contributed by atoms with Crippen molar-refractivity contribution in [2.45, 2.75) is 24.7 Å². The molecule has 0 saturated carbocycles. The Labute approximate surface area is 116 Å². The molecule has 1 aliphatic rings. The number of rotatable bonds is 1. The molecule has 2 aromatic rings. The molecule has 0 aromatic carbocycles. The zero-order valence-corrected chi connectivity index (χ0v) is 12.2. The summed E-state index contributed by atoms with van der Waals surface area (Å²) in [5.41, 5.74) is 1.90. The maximum Gasteiger partial charge on any atom is 0.263 e. The molecule has 5 nitrogen and oxygen atoms in total. The molecule has 0 bridgehead atoms. The van der Waals surface area contributed by atoms with Gasteiger partial charge < -0.3 is 4.74 Å². The van der Waals surface area contributed by atoms with Crippen LogP contribution in [-0.2, 0) is 11.3 Å². The Balaban J connectivity index is 2.45. The van der Waals surface area contributed by atoms with Crippen LogP contribution in [0.4, 0.5) is 0 Å². The van der Waals surface area contributed by atoms with Crippen molar-refractivity contribution < 1.29 is 4.74 Å². The van der Waals surface area contributed by atoms with Crippen molar-refractivity contribution in [2.75, 3.05) is 6.26 Å². The number of ether oxygens (including phenoxy) is 1. The van der Waals surface area contributed by atoms with E-state index in [1.807, 2.05) is 13.2 Å². The van der Waals surface area contributed by atoms with Gasteiger partial charge in [0.2, 0.25) is 0 Å². The molecule has 3 rings (SSSR count). The average Bonchev–Trinajstić information content (AvgIpc) is 2.72. The van der Waals surface area contributed by atoms with E-state index in [1.54, 1.807) is 6.20 Å². The highest BCUT2D eigenvalue weighted by Crippen LogP contribution is 2.28. The standard InChI is InChI=1S/C11H10BrN3O2S/c1-5-8-6(4-17-5)11(16)15-3-7(12)13-10(18-2)9(15)14-8/h3,5H,4H2,1-2H3. The molecule has 0 N–H and O–H groups in total. The topological polar surface area (TPSA) is 56.5 Å². The Bertz CT molecular complexity index is 701. The van der Waals surface area contributed by atoms with E-state index in [0.29, 0.717) is 22.4 Å². The fourth-order valence-electron chi connectivity index (χ4n) is 2.04. The first kappa shape index (κ1) is 12.1. The molecule has 3 heterocycles. The summed E-state index contributed by atoms with van der Waals surface area (Å²) in [6, 6.07) is 0. The van der Waals surface area contributed by atoms with Crippen molar-refractivity contribution in [3.8, 4) is 0 Å². The minimum atomic E-state index is -0.129. The molecule has 1 atom stereocenters. The summed E-state index contributed by atoms with van der Waals surface area (Å²) < 4.78 is 7.62. The Kier molecular flexibility index (Phi) is 2.91. The van der Waals surface area contributed by atoms with Gasteiger partial charge in [0.15, 0.2) is 5.65 Å². The van der Waals surface area contributed by atoms with Crippen LogP contribution in [0.3, 0.4) is 0 Å². The third-order valence-corrected chi connectivity index (χ3v) is 3.97. The van der Waals surface area contributed by atoms with Gasteiger partial charge in [0.1, 0.15) is 9.63 Å². The van der Waals surface area contributed by atoms with Gasteiger partial charge in [0, 0.05) is 6.20 Å². The molecule has 0 radical (unpaired) electrons. The monoisotopic (exact) mass is 327 g/mol. The maximum absolute atomic E-state index is 12.4. The third-order valence-electron chi connectivity index (χ3n) is 2.93. The first-order chi connectivity index (χ1) is 8.61. The normalized spacial score (nSPS) is 18.3. The number of halogens is 1. The summed E-state index contributed by atoms with van der Waals surface area (Å²) >= 11 is 4.77. The van der Waals surface area contributed by atoms with Gasteiger partial charge in [-0.1, -0.05) is 0 Å². The molecule has 18 heavy (non-hydrogen) atoms. The van der Waals surface area contributed by atoms with E-state index >= 15 is 0 Å². The molecule has 0 fully saturated rings. The van der Waals surface area contributed by atoms with Crippen molar-refractivity contribution in [2.24, 2.45) is 0 Å². The lowest BCUT2D eigenvalue weighted by Crippen LogP contribution is -2.21. The predicted molar refractivity (Wildman–Crippen MR) is 71.9 cm³/mol. The van der Waals surface area contributed by atoms with Gasteiger partial charge in [-0.2, -0.15) is 0 Å². The molecule has 1 aliphatic heterocycles. The van der Waals surface area contributed by atoms with E-state index in [2.05, 4.69) is 25.9 Å². The van der Waals surface area contributed by atoms with Gasteiger partial charge in [-0.15, -0.1) is 11.8 Å². The molecular weight excluding hydrogens is 318 g/mol. The van der Waals surface area contributed by atoms with Crippen molar-refractivity contribution in [1.29, 1.82) is 0 Å². The van der Waals surface area contributed by atoms with Crippen LogP contribution < -0.4 is 5.56 Å². The van der Waals surface area contributed by atoms with Gasteiger partial charge in [0.05, 0.1) is 24.0 Å². The van der Waals surface area contributed by atoms with Crippen molar-refractivity contribution in [3.05, 3.63) is 32.4 Å². The average molecular weight is 328 g/mol. The summed E-state index contributed by atoms with van der Waals surface area (Å²) in [5.74, 6) is 0. The SMILES string of the molecule is CSc1nc(Br)cn2c(=O)c3c(nc12)C(C)OC3.